The Morgan fingerprint density at radius 2 is 2.15 bits per heavy atom. The number of hydrogen-bond donors (Lipinski definition) is 1. The monoisotopic (exact) mass is 205 g/mol. The van der Waals surface area contributed by atoms with E-state index in [-0.39, 0.29) is 0 Å². The molecule has 0 rings (SSSR count). The van der Waals surface area contributed by atoms with Crippen molar-refractivity contribution >= 4 is 11.8 Å². The molecule has 0 spiro atoms. The number of methoxy groups -OCH3 is 1. The molecule has 1 N–H and O–H groups in total. The van der Waals surface area contributed by atoms with Gasteiger partial charge in [-0.15, -0.1) is 0 Å². The standard InChI is InChI=1S/C10H23NOS/c1-4-6-10(11-5-2)9-13-8-7-12-3/h10-11H,4-9H2,1-3H3. The van der Waals surface area contributed by atoms with E-state index in [1.54, 1.807) is 7.11 Å². The summed E-state index contributed by atoms with van der Waals surface area (Å²) in [4.78, 5) is 0. The van der Waals surface area contributed by atoms with Crippen molar-refractivity contribution < 1.29 is 4.74 Å². The van der Waals surface area contributed by atoms with Crippen LogP contribution in [0.5, 0.6) is 0 Å². The Bertz CT molecular complexity index is 94.9. The zero-order valence-electron chi connectivity index (χ0n) is 9.14. The SMILES string of the molecule is CCCC(CSCCOC)NCC. The number of thioether (sulfide) groups is 1. The van der Waals surface area contributed by atoms with E-state index < -0.39 is 0 Å². The van der Waals surface area contributed by atoms with Gasteiger partial charge in [0.2, 0.25) is 0 Å². The molecule has 0 radical (unpaired) electrons. The van der Waals surface area contributed by atoms with Crippen LogP contribution >= 0.6 is 11.8 Å². The maximum absolute atomic E-state index is 5.00. The second-order valence-corrected chi connectivity index (χ2v) is 4.26. The highest BCUT2D eigenvalue weighted by Gasteiger charge is 2.04. The molecule has 0 bridgehead atoms. The summed E-state index contributed by atoms with van der Waals surface area (Å²) in [7, 11) is 1.76. The highest BCUT2D eigenvalue weighted by molar-refractivity contribution is 7.99. The Kier molecular flexibility index (Phi) is 10.6. The third kappa shape index (κ3) is 8.60. The van der Waals surface area contributed by atoms with Crippen molar-refractivity contribution in [2.75, 3.05) is 31.8 Å². The highest BCUT2D eigenvalue weighted by Crippen LogP contribution is 2.07. The molecule has 1 unspecified atom stereocenters. The van der Waals surface area contributed by atoms with Gasteiger partial charge in [-0.05, 0) is 13.0 Å². The van der Waals surface area contributed by atoms with Gasteiger partial charge >= 0.3 is 0 Å². The maximum atomic E-state index is 5.00. The molecule has 0 aromatic heterocycles. The van der Waals surface area contributed by atoms with Crippen molar-refractivity contribution in [3.8, 4) is 0 Å². The fourth-order valence-corrected chi connectivity index (χ4v) is 2.27. The molecule has 2 nitrogen and oxygen atoms in total. The quantitative estimate of drug-likeness (QED) is 0.583. The van der Waals surface area contributed by atoms with Crippen LogP contribution < -0.4 is 5.32 Å². The summed E-state index contributed by atoms with van der Waals surface area (Å²) in [5.41, 5.74) is 0. The summed E-state index contributed by atoms with van der Waals surface area (Å²) < 4.78 is 5.00. The molecule has 0 aliphatic carbocycles. The summed E-state index contributed by atoms with van der Waals surface area (Å²) in [6.07, 6.45) is 2.55. The first kappa shape index (κ1) is 13.3. The molecule has 13 heavy (non-hydrogen) atoms. The van der Waals surface area contributed by atoms with Crippen molar-refractivity contribution in [2.24, 2.45) is 0 Å². The van der Waals surface area contributed by atoms with E-state index in [1.165, 1.54) is 18.6 Å². The van der Waals surface area contributed by atoms with E-state index in [4.69, 9.17) is 4.74 Å². The summed E-state index contributed by atoms with van der Waals surface area (Å²) in [6.45, 7) is 6.36. The fourth-order valence-electron chi connectivity index (χ4n) is 1.25. The average Bonchev–Trinajstić information content (AvgIpc) is 2.13. The molecule has 0 saturated heterocycles. The van der Waals surface area contributed by atoms with Crippen molar-refractivity contribution in [1.82, 2.24) is 5.32 Å². The summed E-state index contributed by atoms with van der Waals surface area (Å²) >= 11 is 1.98. The third-order valence-corrected chi connectivity index (χ3v) is 2.97. The molecule has 0 aliphatic rings. The Balaban J connectivity index is 3.33. The first-order chi connectivity index (χ1) is 6.35. The Morgan fingerprint density at radius 3 is 2.69 bits per heavy atom. The Morgan fingerprint density at radius 1 is 1.38 bits per heavy atom. The Labute approximate surface area is 86.8 Å². The molecule has 0 aliphatic heterocycles. The van der Waals surface area contributed by atoms with Gasteiger partial charge in [-0.3, -0.25) is 0 Å². The largest absolute Gasteiger partial charge is 0.384 e. The van der Waals surface area contributed by atoms with Crippen molar-refractivity contribution in [3.05, 3.63) is 0 Å². The molecule has 1 atom stereocenters. The minimum atomic E-state index is 0.692. The second-order valence-electron chi connectivity index (χ2n) is 3.11. The summed E-state index contributed by atoms with van der Waals surface area (Å²) in [6, 6.07) is 0.692. The maximum Gasteiger partial charge on any atom is 0.0552 e. The van der Waals surface area contributed by atoms with Crippen LogP contribution in [0.25, 0.3) is 0 Å². The summed E-state index contributed by atoms with van der Waals surface area (Å²) in [5, 5.41) is 3.50. The van der Waals surface area contributed by atoms with Crippen molar-refractivity contribution in [2.45, 2.75) is 32.7 Å². The van der Waals surface area contributed by atoms with Gasteiger partial charge in [-0.1, -0.05) is 20.3 Å². The van der Waals surface area contributed by atoms with E-state index in [9.17, 15) is 0 Å². The van der Waals surface area contributed by atoms with Crippen LogP contribution in [0.15, 0.2) is 0 Å². The van der Waals surface area contributed by atoms with Crippen molar-refractivity contribution in [3.63, 3.8) is 0 Å². The van der Waals surface area contributed by atoms with Gasteiger partial charge in [0.1, 0.15) is 0 Å². The van der Waals surface area contributed by atoms with Crippen LogP contribution in [0.3, 0.4) is 0 Å². The normalized spacial score (nSPS) is 13.2. The molecule has 0 aromatic rings. The smallest absolute Gasteiger partial charge is 0.0552 e. The number of hydrogen-bond acceptors (Lipinski definition) is 3. The lowest BCUT2D eigenvalue weighted by Gasteiger charge is -2.16. The van der Waals surface area contributed by atoms with Crippen LogP contribution in [0.4, 0.5) is 0 Å². The molecular formula is C10H23NOS. The molecule has 3 heteroatoms. The van der Waals surface area contributed by atoms with Crippen LogP contribution in [-0.2, 0) is 4.74 Å². The molecule has 0 amide bonds. The molecule has 0 aromatic carbocycles. The minimum Gasteiger partial charge on any atom is -0.384 e. The highest BCUT2D eigenvalue weighted by atomic mass is 32.2. The molecule has 0 fully saturated rings. The lowest BCUT2D eigenvalue weighted by atomic mass is 10.2. The first-order valence-corrected chi connectivity index (χ1v) is 6.30. The zero-order chi connectivity index (χ0) is 9.94. The minimum absolute atomic E-state index is 0.692. The lowest BCUT2D eigenvalue weighted by molar-refractivity contribution is 0.218. The number of rotatable bonds is 9. The topological polar surface area (TPSA) is 21.3 Å². The van der Waals surface area contributed by atoms with Crippen LogP contribution in [0, 0.1) is 0 Å². The van der Waals surface area contributed by atoms with Crippen LogP contribution in [0.2, 0.25) is 0 Å². The van der Waals surface area contributed by atoms with E-state index >= 15 is 0 Å². The molecular weight excluding hydrogens is 182 g/mol. The van der Waals surface area contributed by atoms with Gasteiger partial charge < -0.3 is 10.1 Å². The zero-order valence-corrected chi connectivity index (χ0v) is 9.95. The molecule has 80 valence electrons. The van der Waals surface area contributed by atoms with Gasteiger partial charge in [-0.25, -0.2) is 0 Å². The van der Waals surface area contributed by atoms with E-state index in [1.807, 2.05) is 11.8 Å². The fraction of sp³-hybridized carbons (Fsp3) is 1.00. The van der Waals surface area contributed by atoms with Gasteiger partial charge in [0.05, 0.1) is 6.61 Å². The third-order valence-electron chi connectivity index (χ3n) is 1.88. The predicted molar refractivity (Wildman–Crippen MR) is 61.6 cm³/mol. The van der Waals surface area contributed by atoms with Gasteiger partial charge in [0, 0.05) is 24.7 Å². The lowest BCUT2D eigenvalue weighted by Crippen LogP contribution is -2.31. The number of ether oxygens (including phenoxy) is 1. The number of nitrogens with one attached hydrogen (secondary N) is 1. The molecule has 0 heterocycles. The van der Waals surface area contributed by atoms with E-state index in [0.29, 0.717) is 6.04 Å². The first-order valence-electron chi connectivity index (χ1n) is 5.15. The predicted octanol–water partition coefficient (Wildman–Crippen LogP) is 2.14. The van der Waals surface area contributed by atoms with Gasteiger partial charge in [0.15, 0.2) is 0 Å². The van der Waals surface area contributed by atoms with E-state index in [2.05, 4.69) is 19.2 Å². The van der Waals surface area contributed by atoms with Gasteiger partial charge in [0.25, 0.3) is 0 Å². The van der Waals surface area contributed by atoms with Crippen LogP contribution in [-0.4, -0.2) is 37.8 Å². The second kappa shape index (κ2) is 10.4. The van der Waals surface area contributed by atoms with Crippen molar-refractivity contribution in [1.29, 1.82) is 0 Å². The van der Waals surface area contributed by atoms with Crippen LogP contribution in [0.1, 0.15) is 26.7 Å². The van der Waals surface area contributed by atoms with Gasteiger partial charge in [-0.2, -0.15) is 11.8 Å². The summed E-state index contributed by atoms with van der Waals surface area (Å²) in [5.74, 6) is 2.33. The average molecular weight is 205 g/mol. The van der Waals surface area contributed by atoms with E-state index in [0.717, 1.165) is 18.9 Å². The Hall–Kier alpha value is 0.270. The molecule has 0 saturated carbocycles.